The van der Waals surface area contributed by atoms with Gasteiger partial charge in [-0.2, -0.15) is 0 Å². The largest absolute Gasteiger partial charge is 0.327 e. The third-order valence-corrected chi connectivity index (χ3v) is 2.98. The smallest absolute Gasteiger partial charge is 0.145 e. The fraction of sp³-hybridized carbons (Fsp3) is 0.200. The normalized spacial score (nSPS) is 13.5. The number of alkyl halides is 1. The van der Waals surface area contributed by atoms with Gasteiger partial charge in [0, 0.05) is 6.54 Å². The Balaban J connectivity index is 0.00000162. The molecule has 0 bridgehead atoms. The van der Waals surface area contributed by atoms with Gasteiger partial charge in [0.05, 0.1) is 0 Å². The quantitative estimate of drug-likeness (QED) is 0.894. The highest BCUT2D eigenvalue weighted by atomic mass is 35.5. The lowest BCUT2D eigenvalue weighted by atomic mass is 9.95. The van der Waals surface area contributed by atoms with E-state index in [1.54, 1.807) is 12.1 Å². The van der Waals surface area contributed by atoms with E-state index in [0.29, 0.717) is 5.56 Å². The van der Waals surface area contributed by atoms with E-state index < -0.39 is 5.67 Å². The van der Waals surface area contributed by atoms with Crippen LogP contribution in [0.5, 0.6) is 0 Å². The molecular weight excluding hydrogens is 249 g/mol. The summed E-state index contributed by atoms with van der Waals surface area (Å²) >= 11 is 0. The predicted octanol–water partition coefficient (Wildman–Crippen LogP) is 3.92. The van der Waals surface area contributed by atoms with E-state index in [-0.39, 0.29) is 19.0 Å². The summed E-state index contributed by atoms with van der Waals surface area (Å²) in [6.45, 7) is 1.50. The Hall–Kier alpha value is -1.38. The Labute approximate surface area is 113 Å². The molecule has 0 aliphatic heterocycles. The number of benzene rings is 2. The van der Waals surface area contributed by atoms with Crippen molar-refractivity contribution in [3.8, 4) is 11.1 Å². The average Bonchev–Trinajstić information content (AvgIpc) is 2.40. The van der Waals surface area contributed by atoms with Gasteiger partial charge in [0.2, 0.25) is 0 Å². The molecule has 2 N–H and O–H groups in total. The van der Waals surface area contributed by atoms with Crippen LogP contribution in [-0.4, -0.2) is 6.54 Å². The topological polar surface area (TPSA) is 26.0 Å². The standard InChI is InChI=1S/C15H16FN.ClH/c1-15(16,11-17)14-9-7-13(8-10-14)12-5-3-2-4-6-12;/h2-10H,11,17H2,1H3;1H. The van der Waals surface area contributed by atoms with Gasteiger partial charge in [-0.1, -0.05) is 54.6 Å². The molecule has 0 radical (unpaired) electrons. The summed E-state index contributed by atoms with van der Waals surface area (Å²) in [5.41, 5.74) is 6.81. The molecule has 0 saturated carbocycles. The number of halogens is 2. The van der Waals surface area contributed by atoms with Gasteiger partial charge in [-0.15, -0.1) is 12.4 Å². The van der Waals surface area contributed by atoms with E-state index in [0.717, 1.165) is 11.1 Å². The van der Waals surface area contributed by atoms with Crippen LogP contribution in [0.4, 0.5) is 4.39 Å². The molecule has 0 aliphatic carbocycles. The molecular formula is C15H17ClFN. The lowest BCUT2D eigenvalue weighted by Gasteiger charge is -2.18. The van der Waals surface area contributed by atoms with E-state index in [4.69, 9.17) is 5.73 Å². The van der Waals surface area contributed by atoms with Crippen molar-refractivity contribution in [2.45, 2.75) is 12.6 Å². The van der Waals surface area contributed by atoms with Crippen LogP contribution >= 0.6 is 12.4 Å². The molecule has 1 nitrogen and oxygen atoms in total. The zero-order valence-electron chi connectivity index (χ0n) is 10.3. The van der Waals surface area contributed by atoms with Crippen molar-refractivity contribution in [2.75, 3.05) is 6.54 Å². The van der Waals surface area contributed by atoms with Gasteiger partial charge in [-0.25, -0.2) is 4.39 Å². The van der Waals surface area contributed by atoms with Gasteiger partial charge in [0.1, 0.15) is 5.67 Å². The molecule has 0 heterocycles. The van der Waals surface area contributed by atoms with Gasteiger partial charge in [-0.3, -0.25) is 0 Å². The molecule has 3 heteroatoms. The maximum atomic E-state index is 14.0. The number of hydrogen-bond acceptors (Lipinski definition) is 1. The highest BCUT2D eigenvalue weighted by Gasteiger charge is 2.23. The minimum atomic E-state index is -1.45. The summed E-state index contributed by atoms with van der Waals surface area (Å²) < 4.78 is 14.0. The maximum Gasteiger partial charge on any atom is 0.145 e. The number of hydrogen-bond donors (Lipinski definition) is 1. The first-order valence-corrected chi connectivity index (χ1v) is 5.68. The lowest BCUT2D eigenvalue weighted by Crippen LogP contribution is -2.26. The molecule has 0 aliphatic rings. The molecule has 1 unspecified atom stereocenters. The summed E-state index contributed by atoms with van der Waals surface area (Å²) in [6.07, 6.45) is 0. The Morgan fingerprint density at radius 3 is 1.94 bits per heavy atom. The number of rotatable bonds is 3. The van der Waals surface area contributed by atoms with Gasteiger partial charge in [-0.05, 0) is 23.6 Å². The van der Waals surface area contributed by atoms with Crippen LogP contribution in [0.3, 0.4) is 0 Å². The molecule has 0 spiro atoms. The third kappa shape index (κ3) is 3.09. The molecule has 0 saturated heterocycles. The Morgan fingerprint density at radius 1 is 0.944 bits per heavy atom. The van der Waals surface area contributed by atoms with Gasteiger partial charge >= 0.3 is 0 Å². The molecule has 2 aromatic carbocycles. The summed E-state index contributed by atoms with van der Waals surface area (Å²) in [6, 6.07) is 17.5. The van der Waals surface area contributed by atoms with Crippen molar-refractivity contribution in [3.63, 3.8) is 0 Å². The van der Waals surface area contributed by atoms with Crippen molar-refractivity contribution >= 4 is 12.4 Å². The Bertz CT molecular complexity index is 480. The molecule has 2 rings (SSSR count). The van der Waals surface area contributed by atoms with Crippen LogP contribution in [0.15, 0.2) is 54.6 Å². The molecule has 18 heavy (non-hydrogen) atoms. The van der Waals surface area contributed by atoms with Crippen LogP contribution in [-0.2, 0) is 5.67 Å². The third-order valence-electron chi connectivity index (χ3n) is 2.98. The summed E-state index contributed by atoms with van der Waals surface area (Å²) in [7, 11) is 0. The Kier molecular flexibility index (Phi) is 4.88. The molecule has 0 fully saturated rings. The molecule has 96 valence electrons. The van der Waals surface area contributed by atoms with Crippen molar-refractivity contribution in [3.05, 3.63) is 60.2 Å². The van der Waals surface area contributed by atoms with Crippen molar-refractivity contribution in [1.29, 1.82) is 0 Å². The van der Waals surface area contributed by atoms with Crippen LogP contribution < -0.4 is 5.73 Å². The second-order valence-corrected chi connectivity index (χ2v) is 4.34. The van der Waals surface area contributed by atoms with Gasteiger partial charge in [0.15, 0.2) is 0 Å². The summed E-state index contributed by atoms with van der Waals surface area (Å²) in [4.78, 5) is 0. The first-order valence-electron chi connectivity index (χ1n) is 5.68. The predicted molar refractivity (Wildman–Crippen MR) is 76.6 cm³/mol. The van der Waals surface area contributed by atoms with Crippen LogP contribution in [0, 0.1) is 0 Å². The van der Waals surface area contributed by atoms with Crippen LogP contribution in [0.25, 0.3) is 11.1 Å². The van der Waals surface area contributed by atoms with Crippen molar-refractivity contribution in [1.82, 2.24) is 0 Å². The maximum absolute atomic E-state index is 14.0. The monoisotopic (exact) mass is 265 g/mol. The van der Waals surface area contributed by atoms with Crippen LogP contribution in [0.2, 0.25) is 0 Å². The van der Waals surface area contributed by atoms with E-state index in [9.17, 15) is 4.39 Å². The van der Waals surface area contributed by atoms with E-state index >= 15 is 0 Å². The zero-order chi connectivity index (χ0) is 12.3. The minimum Gasteiger partial charge on any atom is -0.327 e. The van der Waals surface area contributed by atoms with E-state index in [1.165, 1.54) is 6.92 Å². The second kappa shape index (κ2) is 5.98. The summed E-state index contributed by atoms with van der Waals surface area (Å²) in [5, 5.41) is 0. The SMILES string of the molecule is CC(F)(CN)c1ccc(-c2ccccc2)cc1.Cl. The van der Waals surface area contributed by atoms with Crippen molar-refractivity contribution in [2.24, 2.45) is 5.73 Å². The van der Waals surface area contributed by atoms with Crippen LogP contribution in [0.1, 0.15) is 12.5 Å². The first-order chi connectivity index (χ1) is 8.13. The molecule has 2 aromatic rings. The Morgan fingerprint density at radius 2 is 1.44 bits per heavy atom. The molecule has 0 amide bonds. The molecule has 1 atom stereocenters. The molecule has 0 aromatic heterocycles. The van der Waals surface area contributed by atoms with E-state index in [2.05, 4.69) is 0 Å². The second-order valence-electron chi connectivity index (χ2n) is 4.34. The fourth-order valence-electron chi connectivity index (χ4n) is 1.76. The summed E-state index contributed by atoms with van der Waals surface area (Å²) in [5.74, 6) is 0. The van der Waals surface area contributed by atoms with E-state index in [1.807, 2.05) is 42.5 Å². The fourth-order valence-corrected chi connectivity index (χ4v) is 1.76. The van der Waals surface area contributed by atoms with Gasteiger partial charge in [0.25, 0.3) is 0 Å². The minimum absolute atomic E-state index is 0. The zero-order valence-corrected chi connectivity index (χ0v) is 11.1. The lowest BCUT2D eigenvalue weighted by molar-refractivity contribution is 0.203. The highest BCUT2D eigenvalue weighted by Crippen LogP contribution is 2.27. The first kappa shape index (κ1) is 14.7. The number of nitrogens with two attached hydrogens (primary N) is 1. The average molecular weight is 266 g/mol. The highest BCUT2D eigenvalue weighted by molar-refractivity contribution is 5.85. The van der Waals surface area contributed by atoms with Gasteiger partial charge < -0.3 is 5.73 Å². The van der Waals surface area contributed by atoms with Crippen molar-refractivity contribution < 1.29 is 4.39 Å².